The molecule has 132 valence electrons. The van der Waals surface area contributed by atoms with Gasteiger partial charge in [-0.3, -0.25) is 4.79 Å². The van der Waals surface area contributed by atoms with Crippen LogP contribution in [-0.2, 0) is 4.79 Å². The summed E-state index contributed by atoms with van der Waals surface area (Å²) >= 11 is 5.51. The smallest absolute Gasteiger partial charge is 0.404 e. The number of amides is 2. The molecule has 4 N–H and O–H groups in total. The van der Waals surface area contributed by atoms with Gasteiger partial charge in [-0.05, 0) is 43.9 Å². The first-order chi connectivity index (χ1) is 11.5. The molecule has 1 aromatic carbocycles. The molecule has 0 radical (unpaired) electrons. The van der Waals surface area contributed by atoms with E-state index in [1.807, 2.05) is 6.07 Å². The van der Waals surface area contributed by atoms with Crippen LogP contribution in [0.15, 0.2) is 18.2 Å². The van der Waals surface area contributed by atoms with Gasteiger partial charge in [0.05, 0.1) is 12.8 Å². The molecule has 0 bridgehead atoms. The summed E-state index contributed by atoms with van der Waals surface area (Å²) in [7, 11) is 1.59. The summed E-state index contributed by atoms with van der Waals surface area (Å²) in [5.74, 6) is 0.313. The number of alkyl halides is 1. The molecule has 24 heavy (non-hydrogen) atoms. The molecule has 1 aromatic rings. The van der Waals surface area contributed by atoms with Gasteiger partial charge >= 0.3 is 6.09 Å². The van der Waals surface area contributed by atoms with Gasteiger partial charge in [0.15, 0.2) is 0 Å². The third kappa shape index (κ3) is 5.19. The number of nitrogens with one attached hydrogen (secondary N) is 3. The first-order valence-corrected chi connectivity index (χ1v) is 8.35. The Labute approximate surface area is 145 Å². The molecule has 0 spiro atoms. The van der Waals surface area contributed by atoms with Crippen molar-refractivity contribution in [3.05, 3.63) is 18.2 Å². The molecule has 1 fully saturated rings. The lowest BCUT2D eigenvalue weighted by Crippen LogP contribution is -2.39. The van der Waals surface area contributed by atoms with E-state index in [9.17, 15) is 9.59 Å². The highest BCUT2D eigenvalue weighted by Gasteiger charge is 2.23. The second-order valence-corrected chi connectivity index (χ2v) is 6.01. The molecule has 0 aromatic heterocycles. The highest BCUT2D eigenvalue weighted by atomic mass is 35.5. The van der Waals surface area contributed by atoms with Crippen molar-refractivity contribution in [3.8, 4) is 5.75 Å². The second kappa shape index (κ2) is 8.63. The maximum absolute atomic E-state index is 11.4. The number of hydrogen-bond acceptors (Lipinski definition) is 4. The SMILES string of the molecule is COc1ccc(NC(=O)CCl)cc1N[C@H]1CC[C@H](NC(=O)O)CC1. The molecule has 0 atom stereocenters. The minimum absolute atomic E-state index is 0.0109. The fraction of sp³-hybridized carbons (Fsp3) is 0.500. The zero-order chi connectivity index (χ0) is 17.5. The number of carbonyl (C=O) groups is 2. The van der Waals surface area contributed by atoms with E-state index < -0.39 is 6.09 Å². The normalized spacial score (nSPS) is 20.1. The Morgan fingerprint density at radius 2 is 1.92 bits per heavy atom. The molecule has 2 rings (SSSR count). The molecule has 0 saturated heterocycles. The molecule has 1 aliphatic carbocycles. The van der Waals surface area contributed by atoms with Crippen LogP contribution in [0.25, 0.3) is 0 Å². The fourth-order valence-electron chi connectivity index (χ4n) is 2.87. The van der Waals surface area contributed by atoms with Crippen LogP contribution in [0, 0.1) is 0 Å². The zero-order valence-electron chi connectivity index (χ0n) is 13.5. The Morgan fingerprint density at radius 3 is 2.50 bits per heavy atom. The number of carbonyl (C=O) groups excluding carboxylic acids is 1. The number of carboxylic acid groups (broad SMARTS) is 1. The highest BCUT2D eigenvalue weighted by Crippen LogP contribution is 2.31. The molecule has 0 unspecified atom stereocenters. The quantitative estimate of drug-likeness (QED) is 0.588. The molecule has 1 aliphatic rings. The molecular formula is C16H22ClN3O4. The standard InChI is InChI=1S/C16H22ClN3O4/c1-24-14-7-6-12(19-15(21)9-17)8-13(14)18-10-2-4-11(5-3-10)20-16(22)23/h6-8,10-11,18,20H,2-5,9H2,1H3,(H,19,21)(H,22,23)/t10-,11-. The van der Waals surface area contributed by atoms with Crippen LogP contribution in [0.4, 0.5) is 16.2 Å². The van der Waals surface area contributed by atoms with Gasteiger partial charge in [-0.15, -0.1) is 11.6 Å². The number of anilines is 2. The van der Waals surface area contributed by atoms with Crippen molar-refractivity contribution in [2.45, 2.75) is 37.8 Å². The second-order valence-electron chi connectivity index (χ2n) is 5.74. The van der Waals surface area contributed by atoms with Crippen molar-refractivity contribution < 1.29 is 19.4 Å². The van der Waals surface area contributed by atoms with Crippen molar-refractivity contribution in [1.82, 2.24) is 5.32 Å². The van der Waals surface area contributed by atoms with Crippen molar-refractivity contribution >= 4 is 35.0 Å². The Bertz CT molecular complexity index is 589. The molecule has 0 heterocycles. The predicted molar refractivity (Wildman–Crippen MR) is 93.2 cm³/mol. The van der Waals surface area contributed by atoms with E-state index in [1.54, 1.807) is 19.2 Å². The molecular weight excluding hydrogens is 334 g/mol. The van der Waals surface area contributed by atoms with Gasteiger partial charge in [0.2, 0.25) is 5.91 Å². The summed E-state index contributed by atoms with van der Waals surface area (Å²) < 4.78 is 5.36. The summed E-state index contributed by atoms with van der Waals surface area (Å²) in [6, 6.07) is 5.58. The Morgan fingerprint density at radius 1 is 1.25 bits per heavy atom. The third-order valence-electron chi connectivity index (χ3n) is 4.02. The summed E-state index contributed by atoms with van der Waals surface area (Å²) in [6.07, 6.45) is 2.30. The maximum Gasteiger partial charge on any atom is 0.404 e. The van der Waals surface area contributed by atoms with E-state index in [2.05, 4.69) is 16.0 Å². The average molecular weight is 356 g/mol. The van der Waals surface area contributed by atoms with Crippen molar-refractivity contribution in [2.75, 3.05) is 23.6 Å². The van der Waals surface area contributed by atoms with Crippen LogP contribution < -0.4 is 20.7 Å². The number of hydrogen-bond donors (Lipinski definition) is 4. The van der Waals surface area contributed by atoms with Crippen LogP contribution in [0.5, 0.6) is 5.75 Å². The number of benzene rings is 1. The largest absolute Gasteiger partial charge is 0.495 e. The lowest BCUT2D eigenvalue weighted by molar-refractivity contribution is -0.113. The van der Waals surface area contributed by atoms with E-state index in [0.717, 1.165) is 31.4 Å². The first kappa shape index (κ1) is 18.2. The number of ether oxygens (including phenoxy) is 1. The fourth-order valence-corrected chi connectivity index (χ4v) is 2.94. The summed E-state index contributed by atoms with van der Waals surface area (Å²) in [5, 5.41) is 17.4. The minimum atomic E-state index is -0.976. The van der Waals surface area contributed by atoms with E-state index >= 15 is 0 Å². The van der Waals surface area contributed by atoms with Crippen LogP contribution in [0.3, 0.4) is 0 Å². The first-order valence-electron chi connectivity index (χ1n) is 7.81. The minimum Gasteiger partial charge on any atom is -0.495 e. The van der Waals surface area contributed by atoms with Gasteiger partial charge in [0.25, 0.3) is 0 Å². The topological polar surface area (TPSA) is 99.7 Å². The molecule has 2 amide bonds. The van der Waals surface area contributed by atoms with Gasteiger partial charge in [0, 0.05) is 17.8 Å². The van der Waals surface area contributed by atoms with Crippen LogP contribution in [0.2, 0.25) is 0 Å². The van der Waals surface area contributed by atoms with Crippen molar-refractivity contribution in [2.24, 2.45) is 0 Å². The Kier molecular flexibility index (Phi) is 6.54. The van der Waals surface area contributed by atoms with E-state index in [1.165, 1.54) is 0 Å². The van der Waals surface area contributed by atoms with Gasteiger partial charge < -0.3 is 25.8 Å². The third-order valence-corrected chi connectivity index (χ3v) is 4.26. The van der Waals surface area contributed by atoms with E-state index in [4.69, 9.17) is 21.4 Å². The summed E-state index contributed by atoms with van der Waals surface area (Å²) in [6.45, 7) is 0. The molecule has 8 heteroatoms. The predicted octanol–water partition coefficient (Wildman–Crippen LogP) is 2.86. The lowest BCUT2D eigenvalue weighted by Gasteiger charge is -2.30. The van der Waals surface area contributed by atoms with Gasteiger partial charge in [-0.1, -0.05) is 0 Å². The van der Waals surface area contributed by atoms with Crippen LogP contribution in [0.1, 0.15) is 25.7 Å². The summed E-state index contributed by atoms with van der Waals surface area (Å²) in [4.78, 5) is 22.1. The lowest BCUT2D eigenvalue weighted by atomic mass is 9.91. The van der Waals surface area contributed by atoms with Crippen molar-refractivity contribution in [1.29, 1.82) is 0 Å². The number of methoxy groups -OCH3 is 1. The Balaban J connectivity index is 1.99. The monoisotopic (exact) mass is 355 g/mol. The average Bonchev–Trinajstić information content (AvgIpc) is 2.56. The van der Waals surface area contributed by atoms with E-state index in [0.29, 0.717) is 11.4 Å². The van der Waals surface area contributed by atoms with Gasteiger partial charge in [0.1, 0.15) is 11.6 Å². The maximum atomic E-state index is 11.4. The van der Waals surface area contributed by atoms with Crippen molar-refractivity contribution in [3.63, 3.8) is 0 Å². The number of rotatable bonds is 6. The molecule has 7 nitrogen and oxygen atoms in total. The molecule has 1 saturated carbocycles. The van der Waals surface area contributed by atoms with Gasteiger partial charge in [-0.2, -0.15) is 0 Å². The Hall–Kier alpha value is -2.15. The highest BCUT2D eigenvalue weighted by molar-refractivity contribution is 6.29. The van der Waals surface area contributed by atoms with E-state index in [-0.39, 0.29) is 23.9 Å². The zero-order valence-corrected chi connectivity index (χ0v) is 14.2. The summed E-state index contributed by atoms with van der Waals surface area (Å²) in [5.41, 5.74) is 1.43. The molecule has 0 aliphatic heterocycles. The number of halogens is 1. The van der Waals surface area contributed by atoms with Crippen LogP contribution in [-0.4, -0.2) is 42.2 Å². The van der Waals surface area contributed by atoms with Gasteiger partial charge in [-0.25, -0.2) is 4.79 Å². The van der Waals surface area contributed by atoms with Crippen LogP contribution >= 0.6 is 11.6 Å².